The van der Waals surface area contributed by atoms with Crippen LogP contribution in [0.2, 0.25) is 10.0 Å². The summed E-state index contributed by atoms with van der Waals surface area (Å²) in [4.78, 5) is 12.6. The Morgan fingerprint density at radius 1 is 1.00 bits per heavy atom. The van der Waals surface area contributed by atoms with E-state index in [0.29, 0.717) is 32.9 Å². The first kappa shape index (κ1) is 19.6. The molecular formula is C24H18Cl2O3. The van der Waals surface area contributed by atoms with Gasteiger partial charge in [-0.2, -0.15) is 0 Å². The van der Waals surface area contributed by atoms with Crippen molar-refractivity contribution in [3.05, 3.63) is 98.7 Å². The second-order valence-corrected chi connectivity index (χ2v) is 7.56. The highest BCUT2D eigenvalue weighted by Gasteiger charge is 2.27. The Morgan fingerprint density at radius 2 is 1.79 bits per heavy atom. The van der Waals surface area contributed by atoms with Gasteiger partial charge in [0.05, 0.1) is 5.56 Å². The molecule has 0 N–H and O–H groups in total. The van der Waals surface area contributed by atoms with Gasteiger partial charge in [0.25, 0.3) is 0 Å². The molecule has 3 aromatic carbocycles. The van der Waals surface area contributed by atoms with Crippen molar-refractivity contribution in [1.29, 1.82) is 0 Å². The molecule has 0 spiro atoms. The van der Waals surface area contributed by atoms with Gasteiger partial charge in [-0.3, -0.25) is 4.79 Å². The Morgan fingerprint density at radius 3 is 2.52 bits per heavy atom. The molecule has 1 aliphatic rings. The third-order valence-corrected chi connectivity index (χ3v) is 5.32. The predicted molar refractivity (Wildman–Crippen MR) is 116 cm³/mol. The zero-order valence-electron chi connectivity index (χ0n) is 15.7. The minimum absolute atomic E-state index is 0.133. The van der Waals surface area contributed by atoms with E-state index in [-0.39, 0.29) is 12.4 Å². The Hall–Kier alpha value is -2.75. The molecule has 0 aliphatic carbocycles. The quantitative estimate of drug-likeness (QED) is 0.424. The lowest BCUT2D eigenvalue weighted by Crippen LogP contribution is -1.98. The summed E-state index contributed by atoms with van der Waals surface area (Å²) in [5.41, 5.74) is 3.52. The summed E-state index contributed by atoms with van der Waals surface area (Å²) in [6.07, 6.45) is 2.73. The first-order valence-corrected chi connectivity index (χ1v) is 10.0. The maximum Gasteiger partial charge on any atom is 0.231 e. The standard InChI is InChI=1S/C24H18Cl2O3/c1-2-15-3-5-16(6-4-15)11-23-24(27)20-10-9-19(13-22(20)29-23)28-14-17-7-8-18(25)12-21(17)26/h3-13H,2,14H2,1H3. The maximum absolute atomic E-state index is 12.6. The van der Waals surface area contributed by atoms with Gasteiger partial charge in [-0.05, 0) is 47.9 Å². The fourth-order valence-corrected chi connectivity index (χ4v) is 3.52. The topological polar surface area (TPSA) is 35.5 Å². The molecular weight excluding hydrogens is 407 g/mol. The molecule has 0 atom stereocenters. The Kier molecular flexibility index (Phi) is 5.61. The van der Waals surface area contributed by atoms with E-state index in [2.05, 4.69) is 6.92 Å². The SMILES string of the molecule is CCc1ccc(C=C2Oc3cc(OCc4ccc(Cl)cc4Cl)ccc3C2=O)cc1. The molecule has 4 rings (SSSR count). The van der Waals surface area contributed by atoms with Gasteiger partial charge in [-0.1, -0.05) is 60.5 Å². The summed E-state index contributed by atoms with van der Waals surface area (Å²) >= 11 is 12.1. The molecule has 3 aromatic rings. The Labute approximate surface area is 179 Å². The normalized spacial score (nSPS) is 14.0. The van der Waals surface area contributed by atoms with Gasteiger partial charge in [0.1, 0.15) is 18.1 Å². The van der Waals surface area contributed by atoms with E-state index in [1.807, 2.05) is 30.3 Å². The van der Waals surface area contributed by atoms with Gasteiger partial charge in [0.2, 0.25) is 5.78 Å². The largest absolute Gasteiger partial charge is 0.489 e. The summed E-state index contributed by atoms with van der Waals surface area (Å²) in [5.74, 6) is 1.26. The smallest absolute Gasteiger partial charge is 0.231 e. The lowest BCUT2D eigenvalue weighted by atomic mass is 10.1. The zero-order chi connectivity index (χ0) is 20.4. The van der Waals surface area contributed by atoms with E-state index in [4.69, 9.17) is 32.7 Å². The highest BCUT2D eigenvalue weighted by Crippen LogP contribution is 2.35. The van der Waals surface area contributed by atoms with Crippen LogP contribution in [0.25, 0.3) is 6.08 Å². The summed E-state index contributed by atoms with van der Waals surface area (Å²) in [6, 6.07) is 18.5. The van der Waals surface area contributed by atoms with Crippen LogP contribution in [0.4, 0.5) is 0 Å². The van der Waals surface area contributed by atoms with Crippen molar-refractivity contribution in [3.8, 4) is 11.5 Å². The van der Waals surface area contributed by atoms with Crippen molar-refractivity contribution in [2.75, 3.05) is 0 Å². The van der Waals surface area contributed by atoms with Crippen LogP contribution in [0, 0.1) is 0 Å². The molecule has 3 nitrogen and oxygen atoms in total. The maximum atomic E-state index is 12.6. The van der Waals surface area contributed by atoms with Crippen LogP contribution in [0.1, 0.15) is 34.0 Å². The Bertz CT molecular complexity index is 1100. The number of halogens is 2. The van der Waals surface area contributed by atoms with Crippen molar-refractivity contribution in [1.82, 2.24) is 0 Å². The van der Waals surface area contributed by atoms with Crippen LogP contribution in [0.3, 0.4) is 0 Å². The Balaban J connectivity index is 1.50. The van der Waals surface area contributed by atoms with E-state index in [1.54, 1.807) is 36.4 Å². The van der Waals surface area contributed by atoms with Crippen LogP contribution < -0.4 is 9.47 Å². The van der Waals surface area contributed by atoms with E-state index in [9.17, 15) is 4.79 Å². The average Bonchev–Trinajstić information content (AvgIpc) is 3.03. The van der Waals surface area contributed by atoms with E-state index >= 15 is 0 Å². The predicted octanol–water partition coefficient (Wildman–Crippen LogP) is 6.75. The van der Waals surface area contributed by atoms with Gasteiger partial charge >= 0.3 is 0 Å². The van der Waals surface area contributed by atoms with Crippen LogP contribution in [-0.4, -0.2) is 5.78 Å². The third-order valence-electron chi connectivity index (χ3n) is 4.74. The van der Waals surface area contributed by atoms with Crippen molar-refractivity contribution in [3.63, 3.8) is 0 Å². The van der Waals surface area contributed by atoms with Crippen molar-refractivity contribution in [2.24, 2.45) is 0 Å². The molecule has 0 fully saturated rings. The highest BCUT2D eigenvalue weighted by molar-refractivity contribution is 6.35. The number of benzene rings is 3. The average molecular weight is 425 g/mol. The molecule has 0 unspecified atom stereocenters. The van der Waals surface area contributed by atoms with Gasteiger partial charge < -0.3 is 9.47 Å². The minimum atomic E-state index is -0.133. The third kappa shape index (κ3) is 4.31. The van der Waals surface area contributed by atoms with Crippen molar-refractivity contribution < 1.29 is 14.3 Å². The molecule has 29 heavy (non-hydrogen) atoms. The van der Waals surface area contributed by atoms with Gasteiger partial charge in [0, 0.05) is 21.7 Å². The number of hydrogen-bond acceptors (Lipinski definition) is 3. The molecule has 0 saturated carbocycles. The second-order valence-electron chi connectivity index (χ2n) is 6.72. The number of carbonyl (C=O) groups excluding carboxylic acids is 1. The number of fused-ring (bicyclic) bond motifs is 1. The molecule has 0 saturated heterocycles. The van der Waals surface area contributed by atoms with Crippen LogP contribution in [-0.2, 0) is 13.0 Å². The molecule has 1 heterocycles. The van der Waals surface area contributed by atoms with Crippen molar-refractivity contribution >= 4 is 35.1 Å². The number of carbonyl (C=O) groups is 1. The number of aryl methyl sites for hydroxylation is 1. The number of allylic oxidation sites excluding steroid dienone is 1. The van der Waals surface area contributed by atoms with E-state index < -0.39 is 0 Å². The van der Waals surface area contributed by atoms with Crippen LogP contribution in [0.15, 0.2) is 66.4 Å². The number of hydrogen-bond donors (Lipinski definition) is 0. The van der Waals surface area contributed by atoms with Crippen LogP contribution in [0.5, 0.6) is 11.5 Å². The molecule has 0 radical (unpaired) electrons. The fraction of sp³-hybridized carbons (Fsp3) is 0.125. The lowest BCUT2D eigenvalue weighted by molar-refractivity contribution is 0.101. The molecule has 1 aliphatic heterocycles. The van der Waals surface area contributed by atoms with Crippen LogP contribution >= 0.6 is 23.2 Å². The van der Waals surface area contributed by atoms with E-state index in [0.717, 1.165) is 17.5 Å². The zero-order valence-corrected chi connectivity index (χ0v) is 17.3. The summed E-state index contributed by atoms with van der Waals surface area (Å²) in [5, 5.41) is 1.12. The number of rotatable bonds is 5. The molecule has 0 amide bonds. The fourth-order valence-electron chi connectivity index (χ4n) is 3.06. The highest BCUT2D eigenvalue weighted by atomic mass is 35.5. The monoisotopic (exact) mass is 424 g/mol. The summed E-state index contributed by atoms with van der Waals surface area (Å²) in [6.45, 7) is 2.39. The number of ketones is 1. The van der Waals surface area contributed by atoms with Gasteiger partial charge in [-0.25, -0.2) is 0 Å². The van der Waals surface area contributed by atoms with Gasteiger partial charge in [0.15, 0.2) is 5.76 Å². The summed E-state index contributed by atoms with van der Waals surface area (Å²) in [7, 11) is 0. The minimum Gasteiger partial charge on any atom is -0.489 e. The molecule has 146 valence electrons. The lowest BCUT2D eigenvalue weighted by Gasteiger charge is -2.09. The molecule has 0 aromatic heterocycles. The van der Waals surface area contributed by atoms with Gasteiger partial charge in [-0.15, -0.1) is 0 Å². The first-order valence-electron chi connectivity index (χ1n) is 9.27. The molecule has 0 bridgehead atoms. The summed E-state index contributed by atoms with van der Waals surface area (Å²) < 4.78 is 11.6. The first-order chi connectivity index (χ1) is 14.0. The second kappa shape index (κ2) is 8.32. The van der Waals surface area contributed by atoms with Crippen molar-refractivity contribution in [2.45, 2.75) is 20.0 Å². The van der Waals surface area contributed by atoms with E-state index in [1.165, 1.54) is 5.56 Å². The number of ether oxygens (including phenoxy) is 2. The molecule has 5 heteroatoms. The number of Topliss-reactive ketones (excluding diaryl/α,β-unsaturated/α-hetero) is 1.